The molecular weight excluding hydrogens is 206 g/mol. The van der Waals surface area contributed by atoms with Gasteiger partial charge in [-0.25, -0.2) is 13.4 Å². The van der Waals surface area contributed by atoms with Gasteiger partial charge >= 0.3 is 0 Å². The number of thioether (sulfide) groups is 1. The van der Waals surface area contributed by atoms with Crippen LogP contribution < -0.4 is 0 Å². The van der Waals surface area contributed by atoms with Crippen LogP contribution in [0.3, 0.4) is 0 Å². The second-order valence-corrected chi connectivity index (χ2v) is 6.79. The number of rotatable bonds is 3. The van der Waals surface area contributed by atoms with E-state index in [4.69, 9.17) is 0 Å². The molecule has 0 spiro atoms. The number of sulfone groups is 1. The maximum absolute atomic E-state index is 11.5. The molecule has 1 aliphatic heterocycles. The van der Waals surface area contributed by atoms with Crippen LogP contribution in [0, 0.1) is 0 Å². The molecule has 5 heteroatoms. The molecule has 0 unspecified atom stereocenters. The van der Waals surface area contributed by atoms with Crippen LogP contribution in [0.4, 0.5) is 0 Å². The van der Waals surface area contributed by atoms with Crippen molar-refractivity contribution in [2.24, 2.45) is 4.99 Å². The van der Waals surface area contributed by atoms with Crippen molar-refractivity contribution in [3.05, 3.63) is 11.1 Å². The minimum atomic E-state index is -3.17. The number of aliphatic imine (C=N–C) groups is 1. The SMILES string of the molecule is CC1=NC=C(CSC(C)C)S1(=O)=O. The lowest BCUT2D eigenvalue weighted by molar-refractivity contribution is 0.613. The lowest BCUT2D eigenvalue weighted by Gasteiger charge is -2.04. The highest BCUT2D eigenvalue weighted by Gasteiger charge is 2.25. The van der Waals surface area contributed by atoms with Crippen LogP contribution >= 0.6 is 11.8 Å². The first kappa shape index (κ1) is 10.8. The van der Waals surface area contributed by atoms with Crippen LogP contribution in [0.15, 0.2) is 16.1 Å². The molecule has 0 saturated carbocycles. The van der Waals surface area contributed by atoms with Crippen LogP contribution in [0.2, 0.25) is 0 Å². The van der Waals surface area contributed by atoms with Crippen LogP contribution in [0.25, 0.3) is 0 Å². The van der Waals surface area contributed by atoms with Gasteiger partial charge in [0.05, 0.1) is 4.91 Å². The van der Waals surface area contributed by atoms with E-state index in [0.717, 1.165) is 0 Å². The summed E-state index contributed by atoms with van der Waals surface area (Å²) in [4.78, 5) is 4.24. The molecule has 13 heavy (non-hydrogen) atoms. The summed E-state index contributed by atoms with van der Waals surface area (Å²) >= 11 is 1.61. The number of hydrogen-bond acceptors (Lipinski definition) is 4. The summed E-state index contributed by atoms with van der Waals surface area (Å²) < 4.78 is 23.0. The molecule has 0 amide bonds. The molecule has 74 valence electrons. The Bertz CT molecular complexity index is 352. The Kier molecular flexibility index (Phi) is 3.18. The third kappa shape index (κ3) is 2.34. The Morgan fingerprint density at radius 1 is 1.54 bits per heavy atom. The van der Waals surface area contributed by atoms with Crippen molar-refractivity contribution in [3.63, 3.8) is 0 Å². The third-order valence-electron chi connectivity index (χ3n) is 1.68. The molecule has 1 aliphatic rings. The maximum Gasteiger partial charge on any atom is 0.218 e. The highest BCUT2D eigenvalue weighted by atomic mass is 32.2. The minimum Gasteiger partial charge on any atom is -0.248 e. The third-order valence-corrected chi connectivity index (χ3v) is 4.83. The Balaban J connectivity index is 2.67. The smallest absolute Gasteiger partial charge is 0.218 e. The van der Waals surface area contributed by atoms with Gasteiger partial charge in [0.2, 0.25) is 9.84 Å². The fourth-order valence-corrected chi connectivity index (χ4v) is 3.01. The predicted octanol–water partition coefficient (Wildman–Crippen LogP) is 1.82. The summed E-state index contributed by atoms with van der Waals surface area (Å²) in [7, 11) is -3.17. The molecule has 0 aromatic heterocycles. The van der Waals surface area contributed by atoms with Gasteiger partial charge in [-0.3, -0.25) is 0 Å². The van der Waals surface area contributed by atoms with E-state index in [-0.39, 0.29) is 5.04 Å². The van der Waals surface area contributed by atoms with Crippen molar-refractivity contribution in [3.8, 4) is 0 Å². The van der Waals surface area contributed by atoms with Gasteiger partial charge in [-0.1, -0.05) is 13.8 Å². The Hall–Kier alpha value is -0.290. The highest BCUT2D eigenvalue weighted by Crippen LogP contribution is 2.23. The molecule has 0 atom stereocenters. The van der Waals surface area contributed by atoms with Gasteiger partial charge in [-0.05, 0) is 12.2 Å². The first-order chi connectivity index (χ1) is 5.94. The second kappa shape index (κ2) is 3.84. The van der Waals surface area contributed by atoms with Crippen molar-refractivity contribution >= 4 is 26.6 Å². The van der Waals surface area contributed by atoms with E-state index < -0.39 is 9.84 Å². The largest absolute Gasteiger partial charge is 0.248 e. The van der Waals surface area contributed by atoms with Gasteiger partial charge in [0.25, 0.3) is 0 Å². The Morgan fingerprint density at radius 3 is 2.54 bits per heavy atom. The fraction of sp³-hybridized carbons (Fsp3) is 0.625. The zero-order valence-electron chi connectivity index (χ0n) is 7.94. The lowest BCUT2D eigenvalue weighted by Crippen LogP contribution is -2.11. The van der Waals surface area contributed by atoms with Gasteiger partial charge in [0, 0.05) is 12.0 Å². The maximum atomic E-state index is 11.5. The van der Waals surface area contributed by atoms with Gasteiger partial charge < -0.3 is 0 Å². The van der Waals surface area contributed by atoms with Crippen LogP contribution in [0.1, 0.15) is 20.8 Å². The summed E-state index contributed by atoms with van der Waals surface area (Å²) in [5, 5.41) is 0.656. The summed E-state index contributed by atoms with van der Waals surface area (Å²) in [6.45, 7) is 5.61. The first-order valence-electron chi connectivity index (χ1n) is 4.04. The quantitative estimate of drug-likeness (QED) is 0.727. The minimum absolute atomic E-state index is 0.215. The van der Waals surface area contributed by atoms with E-state index >= 15 is 0 Å². The van der Waals surface area contributed by atoms with E-state index in [2.05, 4.69) is 4.99 Å². The summed E-state index contributed by atoms with van der Waals surface area (Å²) in [6, 6.07) is 0. The Labute approximate surface area is 83.2 Å². The van der Waals surface area contributed by atoms with Crippen molar-refractivity contribution in [2.45, 2.75) is 26.0 Å². The van der Waals surface area contributed by atoms with E-state index in [0.29, 0.717) is 15.9 Å². The molecule has 0 saturated heterocycles. The molecule has 0 fully saturated rings. The van der Waals surface area contributed by atoms with Gasteiger partial charge in [-0.15, -0.1) is 0 Å². The van der Waals surface area contributed by atoms with Crippen molar-refractivity contribution < 1.29 is 8.42 Å². The van der Waals surface area contributed by atoms with Gasteiger partial charge in [-0.2, -0.15) is 11.8 Å². The number of hydrogen-bond donors (Lipinski definition) is 0. The van der Waals surface area contributed by atoms with E-state index in [1.54, 1.807) is 11.8 Å². The summed E-state index contributed by atoms with van der Waals surface area (Å²) in [5.41, 5.74) is 0. The lowest BCUT2D eigenvalue weighted by atomic mass is 10.6. The molecule has 0 aliphatic carbocycles. The predicted molar refractivity (Wildman–Crippen MR) is 57.7 cm³/mol. The van der Waals surface area contributed by atoms with E-state index in [1.165, 1.54) is 13.1 Å². The van der Waals surface area contributed by atoms with Crippen LogP contribution in [0.5, 0.6) is 0 Å². The zero-order valence-corrected chi connectivity index (χ0v) is 9.58. The molecular formula is C8H13NO2S2. The van der Waals surface area contributed by atoms with Crippen LogP contribution in [-0.4, -0.2) is 24.5 Å². The van der Waals surface area contributed by atoms with Crippen molar-refractivity contribution in [1.29, 1.82) is 0 Å². The topological polar surface area (TPSA) is 46.5 Å². The molecule has 0 aromatic carbocycles. The molecule has 0 radical (unpaired) electrons. The number of nitrogens with zero attached hydrogens (tertiary/aromatic N) is 1. The molecule has 1 heterocycles. The van der Waals surface area contributed by atoms with E-state index in [1.807, 2.05) is 13.8 Å². The van der Waals surface area contributed by atoms with Crippen molar-refractivity contribution in [2.75, 3.05) is 5.75 Å². The molecule has 3 nitrogen and oxygen atoms in total. The molecule has 0 bridgehead atoms. The monoisotopic (exact) mass is 219 g/mol. The standard InChI is InChI=1S/C8H13NO2S2/c1-6(2)12-5-8-4-9-7(3)13(8,10)11/h4,6H,5H2,1-3H3. The zero-order chi connectivity index (χ0) is 10.1. The first-order valence-corrected chi connectivity index (χ1v) is 6.58. The van der Waals surface area contributed by atoms with E-state index in [9.17, 15) is 8.42 Å². The second-order valence-electron chi connectivity index (χ2n) is 3.11. The molecule has 0 aromatic rings. The van der Waals surface area contributed by atoms with Gasteiger partial charge in [0.15, 0.2) is 0 Å². The normalized spacial score (nSPS) is 20.3. The summed E-state index contributed by atoms with van der Waals surface area (Å²) in [6.07, 6.45) is 1.46. The molecule has 1 rings (SSSR count). The molecule has 0 N–H and O–H groups in total. The average molecular weight is 219 g/mol. The fourth-order valence-electron chi connectivity index (χ4n) is 0.855. The average Bonchev–Trinajstić information content (AvgIpc) is 2.25. The summed E-state index contributed by atoms with van der Waals surface area (Å²) in [5.74, 6) is 0.529. The highest BCUT2D eigenvalue weighted by molar-refractivity contribution is 8.11. The van der Waals surface area contributed by atoms with Gasteiger partial charge in [0.1, 0.15) is 5.04 Å². The van der Waals surface area contributed by atoms with Crippen molar-refractivity contribution in [1.82, 2.24) is 0 Å². The Morgan fingerprint density at radius 2 is 2.15 bits per heavy atom. The van der Waals surface area contributed by atoms with Crippen LogP contribution in [-0.2, 0) is 9.84 Å².